The zero-order valence-electron chi connectivity index (χ0n) is 15.7. The monoisotopic (exact) mass is 410 g/mol. The van der Waals surface area contributed by atoms with Crippen LogP contribution in [-0.4, -0.2) is 55.9 Å². The Kier molecular flexibility index (Phi) is 5.77. The fraction of sp³-hybridized carbons (Fsp3) is 0.450. The van der Waals surface area contributed by atoms with Gasteiger partial charge in [-0.25, -0.2) is 0 Å². The summed E-state index contributed by atoms with van der Waals surface area (Å²) in [6, 6.07) is 5.90. The van der Waals surface area contributed by atoms with Crippen LogP contribution in [0.2, 0.25) is 0 Å². The second-order valence-electron chi connectivity index (χ2n) is 6.90. The molecule has 0 saturated carbocycles. The highest BCUT2D eigenvalue weighted by molar-refractivity contribution is 5.49. The van der Waals surface area contributed by atoms with Gasteiger partial charge in [0.1, 0.15) is 12.4 Å². The molecule has 156 valence electrons. The van der Waals surface area contributed by atoms with Gasteiger partial charge in [-0.1, -0.05) is 18.2 Å². The summed E-state index contributed by atoms with van der Waals surface area (Å²) in [7, 11) is 0. The van der Waals surface area contributed by atoms with E-state index in [1.165, 1.54) is 12.1 Å². The van der Waals surface area contributed by atoms with Gasteiger partial charge >= 0.3 is 6.36 Å². The lowest BCUT2D eigenvalue weighted by Gasteiger charge is -2.26. The fourth-order valence-corrected chi connectivity index (χ4v) is 3.45. The van der Waals surface area contributed by atoms with Crippen LogP contribution in [-0.2, 0) is 4.74 Å². The number of nitrogens with zero attached hydrogens (tertiary/aromatic N) is 2. The first-order chi connectivity index (χ1) is 14.0. The summed E-state index contributed by atoms with van der Waals surface area (Å²) in [5, 5.41) is 4.79. The number of morpholine rings is 1. The molecule has 1 saturated heterocycles. The molecule has 6 nitrogen and oxygen atoms in total. The standard InChI is InChI=1S/C20H21F3N2O4/c21-20(22,23)28-16-4-1-14(2-5-16)15-3-6-18-17(13-15)19(24-29-18)27-12-9-25-7-10-26-11-8-25/h1-2,4-6,13,15H,3,7-12H2. The van der Waals surface area contributed by atoms with Crippen molar-refractivity contribution in [1.29, 1.82) is 0 Å². The number of fused-ring (bicyclic) bond motifs is 1. The largest absolute Gasteiger partial charge is 0.573 e. The summed E-state index contributed by atoms with van der Waals surface area (Å²) in [6.45, 7) is 4.50. The smallest absolute Gasteiger partial charge is 0.474 e. The van der Waals surface area contributed by atoms with Gasteiger partial charge in [-0.05, 0) is 35.3 Å². The molecule has 2 aromatic rings. The minimum absolute atomic E-state index is 0.0107. The third kappa shape index (κ3) is 5.10. The average molecular weight is 410 g/mol. The van der Waals surface area contributed by atoms with Gasteiger partial charge in [0.25, 0.3) is 5.88 Å². The van der Waals surface area contributed by atoms with E-state index in [4.69, 9.17) is 14.0 Å². The normalized spacial score (nSPS) is 19.8. The van der Waals surface area contributed by atoms with E-state index in [0.29, 0.717) is 24.3 Å². The van der Waals surface area contributed by atoms with E-state index in [9.17, 15) is 13.2 Å². The van der Waals surface area contributed by atoms with Crippen molar-refractivity contribution in [2.75, 3.05) is 39.5 Å². The van der Waals surface area contributed by atoms with Crippen LogP contribution in [0, 0.1) is 0 Å². The summed E-state index contributed by atoms with van der Waals surface area (Å²) < 4.78 is 57.4. The molecule has 0 bridgehead atoms. The maximum Gasteiger partial charge on any atom is 0.573 e. The fourth-order valence-electron chi connectivity index (χ4n) is 3.45. The van der Waals surface area contributed by atoms with Crippen molar-refractivity contribution in [2.24, 2.45) is 0 Å². The molecular formula is C20H21F3N2O4. The quantitative estimate of drug-likeness (QED) is 0.727. The predicted octanol–water partition coefficient (Wildman–Crippen LogP) is 2.03. The van der Waals surface area contributed by atoms with Crippen molar-refractivity contribution in [3.05, 3.63) is 40.5 Å². The molecule has 0 spiro atoms. The van der Waals surface area contributed by atoms with Crippen LogP contribution in [0.5, 0.6) is 11.6 Å². The Morgan fingerprint density at radius 3 is 2.62 bits per heavy atom. The molecule has 0 amide bonds. The average Bonchev–Trinajstić information content (AvgIpc) is 3.10. The molecule has 1 aliphatic carbocycles. The number of benzene rings is 1. The Morgan fingerprint density at radius 2 is 1.90 bits per heavy atom. The second kappa shape index (κ2) is 8.46. The highest BCUT2D eigenvalue weighted by Gasteiger charge is 2.31. The van der Waals surface area contributed by atoms with Crippen LogP contribution >= 0.6 is 0 Å². The molecule has 1 atom stereocenters. The van der Waals surface area contributed by atoms with Crippen LogP contribution < -0.4 is 20.1 Å². The molecule has 1 fully saturated rings. The molecule has 2 aliphatic rings. The van der Waals surface area contributed by atoms with Gasteiger partial charge in [-0.3, -0.25) is 4.90 Å². The number of ether oxygens (including phenoxy) is 3. The Bertz CT molecular complexity index is 934. The number of rotatable bonds is 6. The molecule has 0 N–H and O–H groups in total. The lowest BCUT2D eigenvalue weighted by Crippen LogP contribution is -2.39. The molecule has 2 heterocycles. The van der Waals surface area contributed by atoms with E-state index in [2.05, 4.69) is 14.8 Å². The van der Waals surface area contributed by atoms with Crippen LogP contribution in [0.25, 0.3) is 12.2 Å². The molecule has 1 aromatic carbocycles. The Balaban J connectivity index is 1.43. The summed E-state index contributed by atoms with van der Waals surface area (Å²) in [6.07, 6.45) is -0.135. The first kappa shape index (κ1) is 19.8. The molecule has 1 aromatic heterocycles. The number of halogens is 3. The Hall–Kier alpha value is -2.52. The summed E-state index contributed by atoms with van der Waals surface area (Å²) >= 11 is 0. The third-order valence-electron chi connectivity index (χ3n) is 4.94. The topological polar surface area (TPSA) is 57.0 Å². The van der Waals surface area contributed by atoms with Gasteiger partial charge in [0.2, 0.25) is 0 Å². The van der Waals surface area contributed by atoms with Crippen LogP contribution in [0.15, 0.2) is 28.8 Å². The second-order valence-corrected chi connectivity index (χ2v) is 6.90. The molecule has 0 radical (unpaired) electrons. The maximum atomic E-state index is 12.3. The summed E-state index contributed by atoms with van der Waals surface area (Å²) in [5.74, 6) is 0.188. The number of hydrogen-bond acceptors (Lipinski definition) is 6. The predicted molar refractivity (Wildman–Crippen MR) is 97.9 cm³/mol. The van der Waals surface area contributed by atoms with Crippen molar-refractivity contribution >= 4 is 12.2 Å². The molecule has 4 rings (SSSR count). The van der Waals surface area contributed by atoms with E-state index in [0.717, 1.165) is 43.6 Å². The molecular weight excluding hydrogens is 389 g/mol. The number of alkyl halides is 3. The van der Waals surface area contributed by atoms with Gasteiger partial charge in [-0.15, -0.1) is 13.2 Å². The Morgan fingerprint density at radius 1 is 1.14 bits per heavy atom. The SMILES string of the molecule is FC(F)(F)Oc1ccc(C2C=c3c(OCCN4CCOCC4)noc3=CC2)cc1. The molecule has 1 unspecified atom stereocenters. The third-order valence-corrected chi connectivity index (χ3v) is 4.94. The van der Waals surface area contributed by atoms with Gasteiger partial charge in [0.05, 0.1) is 18.4 Å². The van der Waals surface area contributed by atoms with E-state index in [1.54, 1.807) is 12.1 Å². The Labute approximate surface area is 165 Å². The summed E-state index contributed by atoms with van der Waals surface area (Å²) in [4.78, 5) is 2.26. The van der Waals surface area contributed by atoms with Crippen molar-refractivity contribution in [2.45, 2.75) is 18.7 Å². The van der Waals surface area contributed by atoms with Gasteiger partial charge < -0.3 is 18.7 Å². The van der Waals surface area contributed by atoms with Crippen molar-refractivity contribution < 1.29 is 31.9 Å². The zero-order chi connectivity index (χ0) is 20.3. The number of hydrogen-bond donors (Lipinski definition) is 0. The number of aromatic nitrogens is 1. The van der Waals surface area contributed by atoms with E-state index >= 15 is 0 Å². The minimum atomic E-state index is -4.70. The molecule has 1 aliphatic heterocycles. The lowest BCUT2D eigenvalue weighted by molar-refractivity contribution is -0.274. The first-order valence-corrected chi connectivity index (χ1v) is 9.44. The van der Waals surface area contributed by atoms with Gasteiger partial charge in [0.15, 0.2) is 5.42 Å². The van der Waals surface area contributed by atoms with Crippen molar-refractivity contribution in [3.63, 3.8) is 0 Å². The molecule has 29 heavy (non-hydrogen) atoms. The van der Waals surface area contributed by atoms with Crippen LogP contribution in [0.1, 0.15) is 17.9 Å². The first-order valence-electron chi connectivity index (χ1n) is 9.44. The van der Waals surface area contributed by atoms with Crippen molar-refractivity contribution in [3.8, 4) is 11.6 Å². The van der Waals surface area contributed by atoms with E-state index in [-0.39, 0.29) is 11.7 Å². The zero-order valence-corrected chi connectivity index (χ0v) is 15.7. The molecule has 9 heteroatoms. The highest BCUT2D eigenvalue weighted by Crippen LogP contribution is 2.28. The van der Waals surface area contributed by atoms with Gasteiger partial charge in [-0.2, -0.15) is 0 Å². The lowest BCUT2D eigenvalue weighted by atomic mass is 9.92. The van der Waals surface area contributed by atoms with Gasteiger partial charge in [0, 0.05) is 25.6 Å². The highest BCUT2D eigenvalue weighted by atomic mass is 19.4. The van der Waals surface area contributed by atoms with E-state index in [1.807, 2.05) is 12.2 Å². The van der Waals surface area contributed by atoms with Crippen LogP contribution in [0.3, 0.4) is 0 Å². The summed E-state index contributed by atoms with van der Waals surface area (Å²) in [5.41, 5.74) is 1.53. The van der Waals surface area contributed by atoms with E-state index < -0.39 is 6.36 Å². The van der Waals surface area contributed by atoms with Crippen LogP contribution in [0.4, 0.5) is 13.2 Å². The minimum Gasteiger partial charge on any atom is -0.474 e. The maximum absolute atomic E-state index is 12.3. The van der Waals surface area contributed by atoms with Crippen molar-refractivity contribution in [1.82, 2.24) is 10.1 Å².